The van der Waals surface area contributed by atoms with Crippen LogP contribution in [0.4, 0.5) is 0 Å². The summed E-state index contributed by atoms with van der Waals surface area (Å²) >= 11 is 0. The van der Waals surface area contributed by atoms with Crippen molar-refractivity contribution in [2.75, 3.05) is 0 Å². The Kier molecular flexibility index (Phi) is 5.70. The highest BCUT2D eigenvalue weighted by molar-refractivity contribution is 7.46. The maximum Gasteiger partial charge on any atom is 0.471 e. The summed E-state index contributed by atoms with van der Waals surface area (Å²) in [5.41, 5.74) is 5.29. The molecule has 0 aromatic heterocycles. The Morgan fingerprint density at radius 1 is 1.50 bits per heavy atom. The molecule has 0 heterocycles. The van der Waals surface area contributed by atoms with Crippen LogP contribution in [0.15, 0.2) is 0 Å². The molecule has 1 atom stereocenters. The highest BCUT2D eigenvalue weighted by Crippen LogP contribution is 2.37. The van der Waals surface area contributed by atoms with E-state index in [9.17, 15) is 4.57 Å². The van der Waals surface area contributed by atoms with Gasteiger partial charge in [0.25, 0.3) is 0 Å². The van der Waals surface area contributed by atoms with Gasteiger partial charge in [0.15, 0.2) is 0 Å². The SMILES string of the molecule is CCCCCC(N)OP(=O)(O)O. The lowest BCUT2D eigenvalue weighted by atomic mass is 10.2. The summed E-state index contributed by atoms with van der Waals surface area (Å²) in [7, 11) is -4.40. The maximum absolute atomic E-state index is 10.3. The van der Waals surface area contributed by atoms with Crippen LogP contribution in [0.2, 0.25) is 0 Å². The number of hydrogen-bond acceptors (Lipinski definition) is 3. The third-order valence-corrected chi connectivity index (χ3v) is 1.91. The molecule has 0 aliphatic rings. The molecule has 0 saturated carbocycles. The highest BCUT2D eigenvalue weighted by atomic mass is 31.2. The molecule has 0 spiro atoms. The standard InChI is InChI=1S/C6H16NO4P/c1-2-3-4-5-6(7)11-12(8,9)10/h6H,2-5,7H2,1H3,(H2,8,9,10). The highest BCUT2D eigenvalue weighted by Gasteiger charge is 2.18. The fourth-order valence-electron chi connectivity index (χ4n) is 0.825. The Morgan fingerprint density at radius 3 is 2.50 bits per heavy atom. The Bertz CT molecular complexity index is 158. The molecule has 0 saturated heterocycles. The van der Waals surface area contributed by atoms with Crippen LogP contribution in [0.1, 0.15) is 32.6 Å². The molecule has 0 bridgehead atoms. The smallest absolute Gasteiger partial charge is 0.306 e. The summed E-state index contributed by atoms with van der Waals surface area (Å²) in [6, 6.07) is 0. The Balaban J connectivity index is 3.46. The quantitative estimate of drug-likeness (QED) is 0.335. The van der Waals surface area contributed by atoms with Gasteiger partial charge in [-0.1, -0.05) is 19.8 Å². The molecule has 0 aliphatic carbocycles. The first kappa shape index (κ1) is 12.1. The van der Waals surface area contributed by atoms with Crippen LogP contribution in [0.5, 0.6) is 0 Å². The minimum absolute atomic E-state index is 0.485. The van der Waals surface area contributed by atoms with E-state index in [0.29, 0.717) is 6.42 Å². The predicted molar refractivity (Wildman–Crippen MR) is 45.2 cm³/mol. The Labute approximate surface area is 72.2 Å². The van der Waals surface area contributed by atoms with Gasteiger partial charge in [0.05, 0.1) is 0 Å². The van der Waals surface area contributed by atoms with E-state index in [2.05, 4.69) is 4.52 Å². The zero-order valence-electron chi connectivity index (χ0n) is 7.14. The molecule has 1 unspecified atom stereocenters. The van der Waals surface area contributed by atoms with E-state index < -0.39 is 14.1 Å². The van der Waals surface area contributed by atoms with Gasteiger partial charge in [0.2, 0.25) is 0 Å². The molecule has 0 radical (unpaired) electrons. The van der Waals surface area contributed by atoms with Crippen LogP contribution in [-0.2, 0) is 9.09 Å². The van der Waals surface area contributed by atoms with Gasteiger partial charge in [0.1, 0.15) is 6.23 Å². The van der Waals surface area contributed by atoms with Gasteiger partial charge >= 0.3 is 7.82 Å². The van der Waals surface area contributed by atoms with Crippen molar-refractivity contribution in [1.29, 1.82) is 0 Å². The van der Waals surface area contributed by atoms with Gasteiger partial charge < -0.3 is 15.5 Å². The van der Waals surface area contributed by atoms with Crippen LogP contribution in [0.25, 0.3) is 0 Å². The van der Waals surface area contributed by atoms with E-state index >= 15 is 0 Å². The van der Waals surface area contributed by atoms with E-state index in [0.717, 1.165) is 19.3 Å². The first-order valence-corrected chi connectivity index (χ1v) is 5.48. The van der Waals surface area contributed by atoms with Crippen molar-refractivity contribution in [3.05, 3.63) is 0 Å². The van der Waals surface area contributed by atoms with Crippen molar-refractivity contribution in [3.8, 4) is 0 Å². The first-order valence-electron chi connectivity index (χ1n) is 3.95. The molecule has 0 aromatic carbocycles. The van der Waals surface area contributed by atoms with Crippen molar-refractivity contribution in [2.24, 2.45) is 5.73 Å². The van der Waals surface area contributed by atoms with Gasteiger partial charge in [-0.2, -0.15) is 0 Å². The molecule has 4 N–H and O–H groups in total. The zero-order valence-corrected chi connectivity index (χ0v) is 8.04. The third kappa shape index (κ3) is 8.17. The molecular weight excluding hydrogens is 181 g/mol. The maximum atomic E-state index is 10.3. The fraction of sp³-hybridized carbons (Fsp3) is 1.00. The van der Waals surface area contributed by atoms with E-state index in [1.54, 1.807) is 0 Å². The van der Waals surface area contributed by atoms with E-state index in [-0.39, 0.29) is 0 Å². The van der Waals surface area contributed by atoms with Crippen molar-refractivity contribution in [2.45, 2.75) is 38.8 Å². The average molecular weight is 197 g/mol. The number of phosphoric ester groups is 1. The second-order valence-corrected chi connectivity index (χ2v) is 3.82. The molecule has 74 valence electrons. The lowest BCUT2D eigenvalue weighted by Gasteiger charge is -2.12. The topological polar surface area (TPSA) is 92.8 Å². The van der Waals surface area contributed by atoms with Gasteiger partial charge in [-0.05, 0) is 12.8 Å². The molecular formula is C6H16NO4P. The second kappa shape index (κ2) is 5.67. The van der Waals surface area contributed by atoms with Gasteiger partial charge in [-0.25, -0.2) is 4.57 Å². The molecule has 0 aliphatic heterocycles. The number of hydrogen-bond donors (Lipinski definition) is 3. The van der Waals surface area contributed by atoms with Crippen LogP contribution >= 0.6 is 7.82 Å². The third-order valence-electron chi connectivity index (χ3n) is 1.36. The minimum atomic E-state index is -4.40. The number of rotatable bonds is 6. The van der Waals surface area contributed by atoms with E-state index in [1.165, 1.54) is 0 Å². The van der Waals surface area contributed by atoms with Crippen LogP contribution < -0.4 is 5.73 Å². The lowest BCUT2D eigenvalue weighted by molar-refractivity contribution is 0.129. The summed E-state index contributed by atoms with van der Waals surface area (Å²) in [5, 5.41) is 0. The summed E-state index contributed by atoms with van der Waals surface area (Å²) in [5.74, 6) is 0. The summed E-state index contributed by atoms with van der Waals surface area (Å²) in [4.78, 5) is 16.7. The minimum Gasteiger partial charge on any atom is -0.306 e. The molecule has 5 nitrogen and oxygen atoms in total. The zero-order chi connectivity index (χ0) is 9.61. The normalized spacial score (nSPS) is 14.7. The van der Waals surface area contributed by atoms with Crippen LogP contribution in [-0.4, -0.2) is 16.0 Å². The molecule has 0 amide bonds. The largest absolute Gasteiger partial charge is 0.471 e. The summed E-state index contributed by atoms with van der Waals surface area (Å²) < 4.78 is 14.5. The van der Waals surface area contributed by atoms with Crippen molar-refractivity contribution >= 4 is 7.82 Å². The molecule has 6 heteroatoms. The van der Waals surface area contributed by atoms with Crippen molar-refractivity contribution < 1.29 is 18.9 Å². The first-order chi connectivity index (χ1) is 5.45. The van der Waals surface area contributed by atoms with Gasteiger partial charge in [0, 0.05) is 0 Å². The molecule has 0 aromatic rings. The second-order valence-electron chi connectivity index (χ2n) is 2.63. The van der Waals surface area contributed by atoms with E-state index in [4.69, 9.17) is 15.5 Å². The predicted octanol–water partition coefficient (Wildman–Crippen LogP) is 0.961. The number of phosphoric acid groups is 1. The molecule has 0 rings (SSSR count). The Morgan fingerprint density at radius 2 is 2.08 bits per heavy atom. The fourth-order valence-corrected chi connectivity index (χ4v) is 1.28. The van der Waals surface area contributed by atoms with Gasteiger partial charge in [-0.3, -0.25) is 4.52 Å². The lowest BCUT2D eigenvalue weighted by Crippen LogP contribution is -2.22. The monoisotopic (exact) mass is 197 g/mol. The summed E-state index contributed by atoms with van der Waals surface area (Å²) in [6.45, 7) is 2.04. The van der Waals surface area contributed by atoms with Crippen LogP contribution in [0, 0.1) is 0 Å². The van der Waals surface area contributed by atoms with Crippen molar-refractivity contribution in [3.63, 3.8) is 0 Å². The number of unbranched alkanes of at least 4 members (excludes halogenated alkanes) is 2. The van der Waals surface area contributed by atoms with Crippen molar-refractivity contribution in [1.82, 2.24) is 0 Å². The number of nitrogens with two attached hydrogens (primary N) is 1. The van der Waals surface area contributed by atoms with E-state index in [1.807, 2.05) is 6.92 Å². The summed E-state index contributed by atoms with van der Waals surface area (Å²) in [6.07, 6.45) is 2.51. The molecule has 0 fully saturated rings. The Hall–Kier alpha value is 0.0700. The van der Waals surface area contributed by atoms with Crippen LogP contribution in [0.3, 0.4) is 0 Å². The average Bonchev–Trinajstić information content (AvgIpc) is 1.84. The van der Waals surface area contributed by atoms with Gasteiger partial charge in [-0.15, -0.1) is 0 Å². The molecule has 12 heavy (non-hydrogen) atoms.